The summed E-state index contributed by atoms with van der Waals surface area (Å²) in [5, 5.41) is 14.5. The van der Waals surface area contributed by atoms with Crippen LogP contribution in [0, 0.1) is 0 Å². The summed E-state index contributed by atoms with van der Waals surface area (Å²) in [6.07, 6.45) is 0. The lowest BCUT2D eigenvalue weighted by molar-refractivity contribution is -0.113. The van der Waals surface area contributed by atoms with Gasteiger partial charge in [0.25, 0.3) is 0 Å². The lowest BCUT2D eigenvalue weighted by atomic mass is 10.2. The van der Waals surface area contributed by atoms with Crippen LogP contribution in [0.25, 0.3) is 11.3 Å². The average molecular weight is 530 g/mol. The molecule has 7 nitrogen and oxygen atoms in total. The molecule has 2 aromatic heterocycles. The van der Waals surface area contributed by atoms with Crippen LogP contribution in [0.3, 0.4) is 0 Å². The third-order valence-electron chi connectivity index (χ3n) is 4.44. The molecule has 0 fully saturated rings. The molecule has 4 aromatic rings. The Hall–Kier alpha value is -2.69. The van der Waals surface area contributed by atoms with Crippen LogP contribution < -0.4 is 10.1 Å². The second-order valence-corrected chi connectivity index (χ2v) is 9.34. The number of benzene rings is 2. The smallest absolute Gasteiger partial charge is 0.236 e. The molecule has 32 heavy (non-hydrogen) atoms. The molecule has 0 bridgehead atoms. The van der Waals surface area contributed by atoms with E-state index in [4.69, 9.17) is 4.74 Å². The molecular weight excluding hydrogens is 510 g/mol. The topological polar surface area (TPSA) is 81.9 Å². The maximum absolute atomic E-state index is 12.4. The van der Waals surface area contributed by atoms with E-state index < -0.39 is 0 Å². The van der Waals surface area contributed by atoms with Crippen LogP contribution in [0.4, 0.5) is 5.13 Å². The number of amides is 1. The number of halogens is 1. The van der Waals surface area contributed by atoms with Crippen molar-refractivity contribution < 1.29 is 9.53 Å². The van der Waals surface area contributed by atoms with Crippen molar-refractivity contribution in [1.29, 1.82) is 0 Å². The van der Waals surface area contributed by atoms with Crippen LogP contribution >= 0.6 is 39.0 Å². The molecule has 0 aliphatic rings. The number of hydrogen-bond donors (Lipinski definition) is 1. The minimum absolute atomic E-state index is 0.139. The summed E-state index contributed by atoms with van der Waals surface area (Å²) in [6.45, 7) is 3.02. The average Bonchev–Trinajstić information content (AvgIpc) is 3.44. The highest BCUT2D eigenvalue weighted by Crippen LogP contribution is 2.26. The van der Waals surface area contributed by atoms with Crippen molar-refractivity contribution in [3.05, 3.63) is 70.3 Å². The SMILES string of the molecule is CCn1c(COc2ccccc2)nnc1SCC(=O)Nc1nc(-c2ccc(Br)cc2)cs1. The monoisotopic (exact) mass is 529 g/mol. The Labute approximate surface area is 202 Å². The van der Waals surface area contributed by atoms with Gasteiger partial charge in [-0.2, -0.15) is 0 Å². The zero-order chi connectivity index (χ0) is 22.3. The Morgan fingerprint density at radius 3 is 2.69 bits per heavy atom. The number of carbonyl (C=O) groups is 1. The largest absolute Gasteiger partial charge is 0.486 e. The molecule has 0 saturated heterocycles. The molecule has 0 spiro atoms. The third-order valence-corrected chi connectivity index (χ3v) is 6.70. The number of thioether (sulfide) groups is 1. The fraction of sp³-hybridized carbons (Fsp3) is 0.182. The van der Waals surface area contributed by atoms with Gasteiger partial charge in [0.05, 0.1) is 11.4 Å². The molecule has 0 atom stereocenters. The van der Waals surface area contributed by atoms with E-state index in [0.717, 1.165) is 27.3 Å². The summed E-state index contributed by atoms with van der Waals surface area (Å²) in [6, 6.07) is 17.5. The maximum atomic E-state index is 12.4. The van der Waals surface area contributed by atoms with E-state index >= 15 is 0 Å². The van der Waals surface area contributed by atoms with Crippen molar-refractivity contribution in [1.82, 2.24) is 19.7 Å². The Morgan fingerprint density at radius 1 is 1.16 bits per heavy atom. The Balaban J connectivity index is 1.32. The normalized spacial score (nSPS) is 10.8. The van der Waals surface area contributed by atoms with E-state index in [1.165, 1.54) is 23.1 Å². The molecule has 1 N–H and O–H groups in total. The summed E-state index contributed by atoms with van der Waals surface area (Å²) in [4.78, 5) is 16.9. The van der Waals surface area contributed by atoms with Crippen molar-refractivity contribution in [2.75, 3.05) is 11.1 Å². The van der Waals surface area contributed by atoms with Crippen molar-refractivity contribution in [3.8, 4) is 17.0 Å². The molecule has 164 valence electrons. The van der Waals surface area contributed by atoms with E-state index in [-0.39, 0.29) is 11.7 Å². The van der Waals surface area contributed by atoms with Crippen LogP contribution in [-0.4, -0.2) is 31.4 Å². The molecule has 10 heteroatoms. The predicted octanol–water partition coefficient (Wildman–Crippen LogP) is 5.49. The molecule has 0 aliphatic carbocycles. The van der Waals surface area contributed by atoms with Crippen LogP contribution in [0.2, 0.25) is 0 Å². The minimum atomic E-state index is -0.139. The first-order valence-electron chi connectivity index (χ1n) is 9.86. The van der Waals surface area contributed by atoms with Gasteiger partial charge in [-0.15, -0.1) is 21.5 Å². The second-order valence-electron chi connectivity index (χ2n) is 6.63. The number of ether oxygens (including phenoxy) is 1. The number of rotatable bonds is 9. The fourth-order valence-corrected chi connectivity index (χ4v) is 4.71. The molecule has 4 rings (SSSR count). The quantitative estimate of drug-likeness (QED) is 0.288. The van der Waals surface area contributed by atoms with Gasteiger partial charge in [0.1, 0.15) is 12.4 Å². The summed E-state index contributed by atoms with van der Waals surface area (Å²) in [7, 11) is 0. The summed E-state index contributed by atoms with van der Waals surface area (Å²) in [5.41, 5.74) is 1.83. The number of nitrogens with one attached hydrogen (secondary N) is 1. The number of nitrogens with zero attached hydrogens (tertiary/aromatic N) is 4. The van der Waals surface area contributed by atoms with Crippen molar-refractivity contribution in [2.24, 2.45) is 0 Å². The van der Waals surface area contributed by atoms with E-state index in [2.05, 4.69) is 36.4 Å². The number of carbonyl (C=O) groups excluding carboxylic acids is 1. The standard InChI is InChI=1S/C22H20BrN5O2S2/c1-2-28-19(12-30-17-6-4-3-5-7-17)26-27-22(28)32-14-20(29)25-21-24-18(13-31-21)15-8-10-16(23)11-9-15/h3-11,13H,2,12,14H2,1H3,(H,24,25,29). The lowest BCUT2D eigenvalue weighted by Crippen LogP contribution is -2.14. The molecule has 0 radical (unpaired) electrons. The van der Waals surface area contributed by atoms with E-state index in [0.29, 0.717) is 23.4 Å². The lowest BCUT2D eigenvalue weighted by Gasteiger charge is -2.08. The Morgan fingerprint density at radius 2 is 1.94 bits per heavy atom. The van der Waals surface area contributed by atoms with Crippen LogP contribution in [-0.2, 0) is 17.9 Å². The van der Waals surface area contributed by atoms with E-state index in [1.807, 2.05) is 71.5 Å². The van der Waals surface area contributed by atoms with Gasteiger partial charge in [-0.3, -0.25) is 4.79 Å². The number of thiazole rings is 1. The third kappa shape index (κ3) is 5.76. The van der Waals surface area contributed by atoms with Crippen molar-refractivity contribution in [2.45, 2.75) is 25.2 Å². The molecular formula is C22H20BrN5O2S2. The van der Waals surface area contributed by atoms with E-state index in [9.17, 15) is 4.79 Å². The first-order valence-corrected chi connectivity index (χ1v) is 12.5. The second kappa shape index (κ2) is 10.8. The highest BCUT2D eigenvalue weighted by Gasteiger charge is 2.15. The van der Waals surface area contributed by atoms with Gasteiger partial charge in [-0.05, 0) is 31.2 Å². The fourth-order valence-electron chi connectivity index (χ4n) is 2.88. The van der Waals surface area contributed by atoms with Crippen LogP contribution in [0.15, 0.2) is 69.6 Å². The number of hydrogen-bond acceptors (Lipinski definition) is 7. The minimum Gasteiger partial charge on any atom is -0.486 e. The van der Waals surface area contributed by atoms with Crippen molar-refractivity contribution >= 4 is 50.1 Å². The summed E-state index contributed by atoms with van der Waals surface area (Å²) >= 11 is 6.17. The van der Waals surface area contributed by atoms with E-state index in [1.54, 1.807) is 0 Å². The highest BCUT2D eigenvalue weighted by atomic mass is 79.9. The number of anilines is 1. The van der Waals surface area contributed by atoms with Crippen LogP contribution in [0.5, 0.6) is 5.75 Å². The Bertz CT molecular complexity index is 1180. The van der Waals surface area contributed by atoms with Gasteiger partial charge >= 0.3 is 0 Å². The predicted molar refractivity (Wildman–Crippen MR) is 131 cm³/mol. The molecule has 0 unspecified atom stereocenters. The van der Waals surface area contributed by atoms with Crippen molar-refractivity contribution in [3.63, 3.8) is 0 Å². The number of para-hydroxylation sites is 1. The molecule has 1 amide bonds. The van der Waals surface area contributed by atoms with Crippen LogP contribution in [0.1, 0.15) is 12.7 Å². The molecule has 2 aromatic carbocycles. The summed E-state index contributed by atoms with van der Waals surface area (Å²) in [5.74, 6) is 1.57. The number of aromatic nitrogens is 4. The Kier molecular flexibility index (Phi) is 7.56. The zero-order valence-electron chi connectivity index (χ0n) is 17.2. The first kappa shape index (κ1) is 22.5. The molecule has 0 saturated carbocycles. The van der Waals surface area contributed by atoms with Gasteiger partial charge < -0.3 is 14.6 Å². The van der Waals surface area contributed by atoms with Gasteiger partial charge in [0, 0.05) is 22.0 Å². The first-order chi connectivity index (χ1) is 15.6. The van der Waals surface area contributed by atoms with Gasteiger partial charge in [0.15, 0.2) is 16.1 Å². The maximum Gasteiger partial charge on any atom is 0.236 e. The summed E-state index contributed by atoms with van der Waals surface area (Å²) < 4.78 is 8.74. The van der Waals surface area contributed by atoms with Gasteiger partial charge in [-0.25, -0.2) is 4.98 Å². The molecule has 2 heterocycles. The molecule has 0 aliphatic heterocycles. The zero-order valence-corrected chi connectivity index (χ0v) is 20.4. The van der Waals surface area contributed by atoms with Gasteiger partial charge in [0.2, 0.25) is 5.91 Å². The highest BCUT2D eigenvalue weighted by molar-refractivity contribution is 9.10. The van der Waals surface area contributed by atoms with Gasteiger partial charge in [-0.1, -0.05) is 58.0 Å².